The summed E-state index contributed by atoms with van der Waals surface area (Å²) < 4.78 is 2.70. The molecule has 1 aliphatic carbocycles. The van der Waals surface area contributed by atoms with Crippen LogP contribution in [0.15, 0.2) is 96.2 Å². The molecule has 5 rings (SSSR count). The molecule has 0 atom stereocenters. The molecule has 1 heterocycles. The summed E-state index contributed by atoms with van der Waals surface area (Å²) in [5, 5.41) is 2.69. The molecule has 0 unspecified atom stereocenters. The van der Waals surface area contributed by atoms with Gasteiger partial charge in [-0.25, -0.2) is 0 Å². The normalized spacial score (nSPS) is 14.3. The lowest BCUT2D eigenvalue weighted by atomic mass is 10.0. The van der Waals surface area contributed by atoms with E-state index in [1.54, 1.807) is 0 Å². The second-order valence-electron chi connectivity index (χ2n) is 7.09. The van der Waals surface area contributed by atoms with Crippen LogP contribution in [-0.4, -0.2) is 0 Å². The number of para-hydroxylation sites is 1. The molecule has 0 saturated carbocycles. The molecule has 0 bridgehead atoms. The first-order valence-corrected chi connectivity index (χ1v) is 10.2. The minimum absolute atomic E-state index is 1.07. The highest BCUT2D eigenvalue weighted by molar-refractivity contribution is 7.26. The van der Waals surface area contributed by atoms with Crippen LogP contribution in [0.3, 0.4) is 0 Å². The topological polar surface area (TPSA) is 3.24 Å². The van der Waals surface area contributed by atoms with Crippen LogP contribution in [-0.2, 0) is 0 Å². The molecule has 0 aliphatic heterocycles. The molecule has 132 valence electrons. The van der Waals surface area contributed by atoms with Gasteiger partial charge < -0.3 is 4.90 Å². The highest BCUT2D eigenvalue weighted by Crippen LogP contribution is 2.43. The van der Waals surface area contributed by atoms with Gasteiger partial charge in [-0.1, -0.05) is 60.2 Å². The zero-order valence-electron chi connectivity index (χ0n) is 15.4. The van der Waals surface area contributed by atoms with Crippen molar-refractivity contribution in [3.8, 4) is 0 Å². The number of hydrogen-bond acceptors (Lipinski definition) is 2. The lowest BCUT2D eigenvalue weighted by Gasteiger charge is -2.30. The third-order valence-electron chi connectivity index (χ3n) is 5.26. The Balaban J connectivity index is 1.77. The lowest BCUT2D eigenvalue weighted by molar-refractivity contribution is 0.876. The number of thiophene rings is 1. The van der Waals surface area contributed by atoms with Crippen molar-refractivity contribution in [2.75, 3.05) is 4.90 Å². The number of nitrogens with zero attached hydrogens (tertiary/aromatic N) is 1. The van der Waals surface area contributed by atoms with E-state index in [0.717, 1.165) is 12.8 Å². The first-order chi connectivity index (χ1) is 13.3. The van der Waals surface area contributed by atoms with Gasteiger partial charge in [0.2, 0.25) is 0 Å². The van der Waals surface area contributed by atoms with Gasteiger partial charge in [-0.2, -0.15) is 0 Å². The van der Waals surface area contributed by atoms with E-state index in [1.165, 1.54) is 42.8 Å². The number of fused-ring (bicyclic) bond motifs is 3. The average molecular weight is 368 g/mol. The Kier molecular flexibility index (Phi) is 4.06. The van der Waals surface area contributed by atoms with Crippen molar-refractivity contribution in [3.63, 3.8) is 0 Å². The van der Waals surface area contributed by atoms with Gasteiger partial charge in [0, 0.05) is 26.9 Å². The molecule has 3 aromatic carbocycles. The average Bonchev–Trinajstić information content (AvgIpc) is 3.10. The van der Waals surface area contributed by atoms with Gasteiger partial charge in [0.25, 0.3) is 0 Å². The Morgan fingerprint density at radius 2 is 1.52 bits per heavy atom. The highest BCUT2D eigenvalue weighted by atomic mass is 32.1. The summed E-state index contributed by atoms with van der Waals surface area (Å²) in [6, 6.07) is 26.2. The molecule has 1 nitrogen and oxygen atoms in total. The maximum Gasteiger partial charge on any atom is 0.0637 e. The molecule has 0 amide bonds. The predicted octanol–water partition coefficient (Wildman–Crippen LogP) is 7.82. The van der Waals surface area contributed by atoms with E-state index in [-0.39, 0.29) is 0 Å². The van der Waals surface area contributed by atoms with Crippen molar-refractivity contribution in [1.82, 2.24) is 0 Å². The largest absolute Gasteiger partial charge is 0.313 e. The van der Waals surface area contributed by atoms with Crippen LogP contribution >= 0.6 is 11.3 Å². The molecule has 1 aliphatic rings. The maximum absolute atomic E-state index is 2.45. The summed E-state index contributed by atoms with van der Waals surface area (Å²) in [6.45, 7) is 2.22. The van der Waals surface area contributed by atoms with Crippen molar-refractivity contribution < 1.29 is 0 Å². The fourth-order valence-corrected chi connectivity index (χ4v) is 5.07. The van der Waals surface area contributed by atoms with Gasteiger partial charge in [0.15, 0.2) is 0 Å². The van der Waals surface area contributed by atoms with Gasteiger partial charge in [-0.05, 0) is 50.1 Å². The van der Waals surface area contributed by atoms with Crippen LogP contribution in [0.2, 0.25) is 0 Å². The Labute approximate surface area is 163 Å². The third kappa shape index (κ3) is 2.87. The smallest absolute Gasteiger partial charge is 0.0637 e. The molecular formula is C25H21NS. The maximum atomic E-state index is 2.45. The molecular weight excluding hydrogens is 346 g/mol. The molecule has 4 aromatic rings. The molecule has 0 fully saturated rings. The van der Waals surface area contributed by atoms with Crippen LogP contribution in [0.1, 0.15) is 19.8 Å². The lowest BCUT2D eigenvalue weighted by Crippen LogP contribution is -2.17. The van der Waals surface area contributed by atoms with Gasteiger partial charge in [0.05, 0.1) is 10.4 Å². The van der Waals surface area contributed by atoms with Crippen LogP contribution in [0.4, 0.5) is 11.4 Å². The predicted molar refractivity (Wildman–Crippen MR) is 119 cm³/mol. The first kappa shape index (κ1) is 16.3. The van der Waals surface area contributed by atoms with E-state index < -0.39 is 0 Å². The third-order valence-corrected chi connectivity index (χ3v) is 6.47. The summed E-state index contributed by atoms with van der Waals surface area (Å²) in [5.41, 5.74) is 5.31. The minimum Gasteiger partial charge on any atom is -0.313 e. The fourth-order valence-electron chi connectivity index (χ4n) is 3.86. The summed E-state index contributed by atoms with van der Waals surface area (Å²) >= 11 is 1.89. The van der Waals surface area contributed by atoms with Gasteiger partial charge in [-0.15, -0.1) is 11.3 Å². The Bertz CT molecular complexity index is 1180. The SMILES string of the molecule is CC1=CC=C(N(c2ccccc2)c2cccc3c2sc2ccccc23)CC1. The second kappa shape index (κ2) is 6.71. The number of anilines is 2. The zero-order chi connectivity index (χ0) is 18.2. The van der Waals surface area contributed by atoms with Gasteiger partial charge >= 0.3 is 0 Å². The summed E-state index contributed by atoms with van der Waals surface area (Å²) in [7, 11) is 0. The van der Waals surface area contributed by atoms with Crippen LogP contribution < -0.4 is 4.90 Å². The van der Waals surface area contributed by atoms with Gasteiger partial charge in [0.1, 0.15) is 0 Å². The van der Waals surface area contributed by atoms with Crippen molar-refractivity contribution in [2.24, 2.45) is 0 Å². The zero-order valence-corrected chi connectivity index (χ0v) is 16.2. The van der Waals surface area contributed by atoms with Crippen molar-refractivity contribution in [3.05, 3.63) is 96.2 Å². The van der Waals surface area contributed by atoms with E-state index >= 15 is 0 Å². The van der Waals surface area contributed by atoms with E-state index in [9.17, 15) is 0 Å². The minimum atomic E-state index is 1.07. The van der Waals surface area contributed by atoms with E-state index in [4.69, 9.17) is 0 Å². The molecule has 0 spiro atoms. The van der Waals surface area contributed by atoms with E-state index in [2.05, 4.69) is 96.8 Å². The van der Waals surface area contributed by atoms with Crippen molar-refractivity contribution in [1.29, 1.82) is 0 Å². The van der Waals surface area contributed by atoms with Crippen molar-refractivity contribution in [2.45, 2.75) is 19.8 Å². The summed E-state index contributed by atoms with van der Waals surface area (Å²) in [4.78, 5) is 2.45. The second-order valence-corrected chi connectivity index (χ2v) is 8.15. The van der Waals surface area contributed by atoms with Gasteiger partial charge in [-0.3, -0.25) is 0 Å². The molecule has 0 saturated heterocycles. The van der Waals surface area contributed by atoms with Crippen LogP contribution in [0, 0.1) is 0 Å². The van der Waals surface area contributed by atoms with Crippen molar-refractivity contribution >= 4 is 42.9 Å². The first-order valence-electron chi connectivity index (χ1n) is 9.43. The molecule has 1 aromatic heterocycles. The molecule has 0 N–H and O–H groups in total. The summed E-state index contributed by atoms with van der Waals surface area (Å²) in [5.74, 6) is 0. The number of hydrogen-bond donors (Lipinski definition) is 0. The number of rotatable bonds is 3. The number of allylic oxidation sites excluding steroid dienone is 4. The molecule has 2 heteroatoms. The highest BCUT2D eigenvalue weighted by Gasteiger charge is 2.20. The Hall–Kier alpha value is -2.84. The monoisotopic (exact) mass is 367 g/mol. The number of benzene rings is 3. The quantitative estimate of drug-likeness (QED) is 0.357. The Morgan fingerprint density at radius 3 is 2.33 bits per heavy atom. The van der Waals surface area contributed by atoms with Crippen LogP contribution in [0.25, 0.3) is 20.2 Å². The standard InChI is InChI=1S/C25H21NS/c1-18-14-16-20(17-15-18)26(19-8-3-2-4-9-19)23-12-7-11-22-21-10-5-6-13-24(21)27-25(22)23/h2-14,16H,15,17H2,1H3. The van der Waals surface area contributed by atoms with Crippen LogP contribution in [0.5, 0.6) is 0 Å². The Morgan fingerprint density at radius 1 is 0.741 bits per heavy atom. The summed E-state index contributed by atoms with van der Waals surface area (Å²) in [6.07, 6.45) is 6.74. The fraction of sp³-hybridized carbons (Fsp3) is 0.120. The van der Waals surface area contributed by atoms with E-state index in [0.29, 0.717) is 0 Å². The van der Waals surface area contributed by atoms with E-state index in [1.807, 2.05) is 11.3 Å². The molecule has 27 heavy (non-hydrogen) atoms. The molecule has 0 radical (unpaired) electrons.